The minimum absolute atomic E-state index is 0.0248. The largest absolute Gasteiger partial charge is 0.329 e. The van der Waals surface area contributed by atoms with E-state index in [1.54, 1.807) is 18.5 Å². The number of benzene rings is 2. The first-order chi connectivity index (χ1) is 14.2. The topological polar surface area (TPSA) is 76.8 Å². The summed E-state index contributed by atoms with van der Waals surface area (Å²) in [6.45, 7) is 3.17. The molecule has 0 saturated carbocycles. The number of hydrogen-bond donors (Lipinski definition) is 0. The molecule has 0 fully saturated rings. The Bertz CT molecular complexity index is 1190. The second-order valence-electron chi connectivity index (χ2n) is 7.36. The van der Waals surface area contributed by atoms with Crippen LogP contribution < -0.4 is 0 Å². The molecule has 1 amide bonds. The Hall–Kier alpha value is -3.61. The standard InChI is InChI=1S/C22H20N6O/c1-15-13-27(22(29)17-7-8-18-19(12-17)24-10-9-23-18)14-21-26-25-20(28(15)21)11-16-5-3-2-4-6-16/h2-10,12,15H,11,13-14H2,1H3/t15-/m0/s1. The average molecular weight is 384 g/mol. The van der Waals surface area contributed by atoms with Crippen LogP contribution in [0.25, 0.3) is 11.0 Å². The number of carbonyl (C=O) groups excluding carboxylic acids is 1. The molecular formula is C22H20N6O. The Labute approximate surface area is 168 Å². The van der Waals surface area contributed by atoms with Gasteiger partial charge >= 0.3 is 0 Å². The van der Waals surface area contributed by atoms with Gasteiger partial charge in [-0.3, -0.25) is 14.8 Å². The average Bonchev–Trinajstić information content (AvgIpc) is 3.16. The van der Waals surface area contributed by atoms with E-state index in [1.165, 1.54) is 5.56 Å². The van der Waals surface area contributed by atoms with Crippen molar-refractivity contribution < 1.29 is 4.79 Å². The van der Waals surface area contributed by atoms with Crippen LogP contribution in [0.2, 0.25) is 0 Å². The molecule has 2 aromatic carbocycles. The van der Waals surface area contributed by atoms with Gasteiger partial charge in [-0.1, -0.05) is 30.3 Å². The highest BCUT2D eigenvalue weighted by Gasteiger charge is 2.29. The maximum atomic E-state index is 13.1. The van der Waals surface area contributed by atoms with E-state index in [9.17, 15) is 4.79 Å². The second kappa shape index (κ2) is 7.09. The molecular weight excluding hydrogens is 364 g/mol. The Morgan fingerprint density at radius 1 is 1.03 bits per heavy atom. The molecule has 5 rings (SSSR count). The number of amides is 1. The van der Waals surface area contributed by atoms with Crippen LogP contribution in [0.1, 0.15) is 40.5 Å². The van der Waals surface area contributed by atoms with E-state index < -0.39 is 0 Å². The van der Waals surface area contributed by atoms with Gasteiger partial charge < -0.3 is 9.47 Å². The number of nitrogens with zero attached hydrogens (tertiary/aromatic N) is 6. The van der Waals surface area contributed by atoms with Gasteiger partial charge in [0.25, 0.3) is 5.91 Å². The van der Waals surface area contributed by atoms with Crippen molar-refractivity contribution in [2.75, 3.05) is 6.54 Å². The minimum atomic E-state index is -0.0248. The first kappa shape index (κ1) is 17.5. The smallest absolute Gasteiger partial charge is 0.254 e. The van der Waals surface area contributed by atoms with E-state index in [0.717, 1.165) is 29.1 Å². The summed E-state index contributed by atoms with van der Waals surface area (Å²) in [4.78, 5) is 23.5. The van der Waals surface area contributed by atoms with Crippen LogP contribution in [0, 0.1) is 0 Å². The summed E-state index contributed by atoms with van der Waals surface area (Å²) in [6, 6.07) is 15.8. The van der Waals surface area contributed by atoms with Crippen LogP contribution >= 0.6 is 0 Å². The molecule has 0 unspecified atom stereocenters. The molecule has 0 bridgehead atoms. The molecule has 0 radical (unpaired) electrons. The quantitative estimate of drug-likeness (QED) is 0.543. The fraction of sp³-hybridized carbons (Fsp3) is 0.227. The molecule has 0 N–H and O–H groups in total. The molecule has 29 heavy (non-hydrogen) atoms. The third-order valence-corrected chi connectivity index (χ3v) is 5.30. The Balaban J connectivity index is 1.40. The van der Waals surface area contributed by atoms with Crippen LogP contribution in [0.4, 0.5) is 0 Å². The summed E-state index contributed by atoms with van der Waals surface area (Å²) in [5.74, 6) is 1.73. The van der Waals surface area contributed by atoms with Crippen LogP contribution in [0.3, 0.4) is 0 Å². The summed E-state index contributed by atoms with van der Waals surface area (Å²) in [5.41, 5.74) is 3.31. The molecule has 0 saturated heterocycles. The maximum Gasteiger partial charge on any atom is 0.254 e. The lowest BCUT2D eigenvalue weighted by molar-refractivity contribution is 0.0680. The number of carbonyl (C=O) groups is 1. The van der Waals surface area contributed by atoms with Gasteiger partial charge in [0.15, 0.2) is 5.82 Å². The van der Waals surface area contributed by atoms with Gasteiger partial charge in [-0.05, 0) is 30.7 Å². The van der Waals surface area contributed by atoms with E-state index >= 15 is 0 Å². The summed E-state index contributed by atoms with van der Waals surface area (Å²) in [5, 5.41) is 8.78. The molecule has 144 valence electrons. The van der Waals surface area contributed by atoms with E-state index in [1.807, 2.05) is 35.2 Å². The summed E-state index contributed by atoms with van der Waals surface area (Å²) < 4.78 is 2.17. The first-order valence-corrected chi connectivity index (χ1v) is 9.65. The van der Waals surface area contributed by atoms with E-state index in [-0.39, 0.29) is 11.9 Å². The minimum Gasteiger partial charge on any atom is -0.329 e. The molecule has 2 aromatic heterocycles. The maximum absolute atomic E-state index is 13.1. The zero-order chi connectivity index (χ0) is 19.8. The summed E-state index contributed by atoms with van der Waals surface area (Å²) in [7, 11) is 0. The van der Waals surface area contributed by atoms with Gasteiger partial charge in [0.1, 0.15) is 5.82 Å². The summed E-state index contributed by atoms with van der Waals surface area (Å²) in [6.07, 6.45) is 4.02. The van der Waals surface area contributed by atoms with Gasteiger partial charge in [-0.15, -0.1) is 10.2 Å². The van der Waals surface area contributed by atoms with Crippen LogP contribution in [-0.2, 0) is 13.0 Å². The predicted octanol–water partition coefficient (Wildman–Crippen LogP) is 3.03. The molecule has 4 aromatic rings. The van der Waals surface area contributed by atoms with Crippen molar-refractivity contribution in [3.8, 4) is 0 Å². The van der Waals surface area contributed by atoms with E-state index in [0.29, 0.717) is 18.7 Å². The number of hydrogen-bond acceptors (Lipinski definition) is 5. The van der Waals surface area contributed by atoms with Crippen molar-refractivity contribution in [2.45, 2.75) is 25.9 Å². The van der Waals surface area contributed by atoms with Gasteiger partial charge in [-0.25, -0.2) is 0 Å². The normalized spacial score (nSPS) is 16.0. The highest BCUT2D eigenvalue weighted by Crippen LogP contribution is 2.24. The fourth-order valence-electron chi connectivity index (χ4n) is 3.95. The second-order valence-corrected chi connectivity index (χ2v) is 7.36. The van der Waals surface area contributed by atoms with E-state index in [2.05, 4.69) is 43.8 Å². The van der Waals surface area contributed by atoms with Gasteiger partial charge in [0.2, 0.25) is 0 Å². The van der Waals surface area contributed by atoms with Crippen molar-refractivity contribution in [1.29, 1.82) is 0 Å². The van der Waals surface area contributed by atoms with E-state index in [4.69, 9.17) is 0 Å². The predicted molar refractivity (Wildman–Crippen MR) is 108 cm³/mol. The Morgan fingerprint density at radius 3 is 2.66 bits per heavy atom. The molecule has 3 heterocycles. The van der Waals surface area contributed by atoms with Gasteiger partial charge in [-0.2, -0.15) is 0 Å². The van der Waals surface area contributed by atoms with Gasteiger partial charge in [0, 0.05) is 30.9 Å². The highest BCUT2D eigenvalue weighted by molar-refractivity contribution is 5.97. The Morgan fingerprint density at radius 2 is 1.83 bits per heavy atom. The lowest BCUT2D eigenvalue weighted by Gasteiger charge is -2.32. The lowest BCUT2D eigenvalue weighted by atomic mass is 10.1. The van der Waals surface area contributed by atoms with Crippen LogP contribution in [0.15, 0.2) is 60.9 Å². The fourth-order valence-corrected chi connectivity index (χ4v) is 3.95. The third-order valence-electron chi connectivity index (χ3n) is 5.30. The molecule has 1 aliphatic heterocycles. The lowest BCUT2D eigenvalue weighted by Crippen LogP contribution is -2.40. The number of aromatic nitrogens is 5. The molecule has 7 heteroatoms. The van der Waals surface area contributed by atoms with Crippen LogP contribution in [-0.4, -0.2) is 42.1 Å². The van der Waals surface area contributed by atoms with Gasteiger partial charge in [0.05, 0.1) is 23.6 Å². The Kier molecular flexibility index (Phi) is 4.27. The van der Waals surface area contributed by atoms with Crippen LogP contribution in [0.5, 0.6) is 0 Å². The molecule has 7 nitrogen and oxygen atoms in total. The van der Waals surface area contributed by atoms with Crippen molar-refractivity contribution in [3.05, 3.63) is 83.7 Å². The zero-order valence-corrected chi connectivity index (χ0v) is 16.1. The van der Waals surface area contributed by atoms with Crippen molar-refractivity contribution in [3.63, 3.8) is 0 Å². The number of fused-ring (bicyclic) bond motifs is 2. The highest BCUT2D eigenvalue weighted by atomic mass is 16.2. The number of rotatable bonds is 3. The monoisotopic (exact) mass is 384 g/mol. The molecule has 1 atom stereocenters. The summed E-state index contributed by atoms with van der Waals surface area (Å²) >= 11 is 0. The molecule has 1 aliphatic rings. The molecule has 0 aliphatic carbocycles. The SMILES string of the molecule is C[C@H]1CN(C(=O)c2ccc3nccnc3c2)Cc2nnc(Cc3ccccc3)n21. The van der Waals surface area contributed by atoms with Crippen molar-refractivity contribution in [1.82, 2.24) is 29.6 Å². The molecule has 0 spiro atoms. The van der Waals surface area contributed by atoms with Crippen molar-refractivity contribution in [2.24, 2.45) is 0 Å². The first-order valence-electron chi connectivity index (χ1n) is 9.65. The zero-order valence-electron chi connectivity index (χ0n) is 16.1. The van der Waals surface area contributed by atoms with Crippen molar-refractivity contribution >= 4 is 16.9 Å². The third kappa shape index (κ3) is 3.24.